The number of fused-ring (bicyclic) bond motifs is 3. The van der Waals surface area contributed by atoms with Crippen LogP contribution >= 0.6 is 0 Å². The lowest BCUT2D eigenvalue weighted by Crippen LogP contribution is -2.58. The van der Waals surface area contributed by atoms with Gasteiger partial charge in [-0.3, -0.25) is 14.4 Å². The molecule has 1 aromatic rings. The molecule has 1 fully saturated rings. The molecule has 1 saturated carbocycles. The Labute approximate surface area is 171 Å². The van der Waals surface area contributed by atoms with Gasteiger partial charge in [-0.15, -0.1) is 0 Å². The third kappa shape index (κ3) is 2.41. The first-order valence-electron chi connectivity index (χ1n) is 9.49. The summed E-state index contributed by atoms with van der Waals surface area (Å²) in [6.45, 7) is 0. The number of phenolic OH excluding ortho intramolecular Hbond substituents is 1. The third-order valence-corrected chi connectivity index (χ3v) is 6.40. The second-order valence-corrected chi connectivity index (χ2v) is 8.26. The van der Waals surface area contributed by atoms with Crippen LogP contribution in [0.15, 0.2) is 29.0 Å². The number of aromatic hydroxyl groups is 1. The fraction of sp³-hybridized carbons (Fsp3) is 0.381. The van der Waals surface area contributed by atoms with Crippen molar-refractivity contribution in [1.29, 1.82) is 0 Å². The molecule has 9 heteroatoms. The van der Waals surface area contributed by atoms with Crippen molar-refractivity contribution in [3.63, 3.8) is 0 Å². The zero-order chi connectivity index (χ0) is 22.1. The SMILES string of the molecule is CN(C)c1ccc(O)c2c1C[C@H]1C[C@H]3CC(=O)C(C(N)=O)=C(O)[C@@]3(O)C(=O)C1=C2O. The standard InChI is InChI=1S/C21H22N2O7/c1-23(2)11-3-4-12(24)15-10(11)6-8-5-9-7-13(25)16(20(22)29)19(28)21(9,30)18(27)14(8)17(15)26/h3-4,8-9,24,26,28,30H,5-7H2,1-2H3,(H2,22,29)/t8-,9+,21+/m1/s1. The fourth-order valence-corrected chi connectivity index (χ4v) is 5.02. The number of primary amides is 1. The predicted molar refractivity (Wildman–Crippen MR) is 106 cm³/mol. The van der Waals surface area contributed by atoms with Crippen molar-refractivity contribution < 1.29 is 34.8 Å². The van der Waals surface area contributed by atoms with Gasteiger partial charge >= 0.3 is 0 Å². The summed E-state index contributed by atoms with van der Waals surface area (Å²) in [5, 5.41) is 43.0. The molecule has 0 radical (unpaired) electrons. The molecular formula is C21H22N2O7. The summed E-state index contributed by atoms with van der Waals surface area (Å²) >= 11 is 0. The first kappa shape index (κ1) is 20.0. The minimum Gasteiger partial charge on any atom is -0.508 e. The molecule has 158 valence electrons. The molecule has 0 spiro atoms. The quantitative estimate of drug-likeness (QED) is 0.437. The highest BCUT2D eigenvalue weighted by Gasteiger charge is 2.60. The van der Waals surface area contributed by atoms with Gasteiger partial charge < -0.3 is 31.1 Å². The summed E-state index contributed by atoms with van der Waals surface area (Å²) in [5.41, 5.74) is 3.17. The number of rotatable bonds is 2. The number of aliphatic hydroxyl groups is 3. The van der Waals surface area contributed by atoms with Gasteiger partial charge in [0.1, 0.15) is 22.8 Å². The minimum atomic E-state index is -2.54. The summed E-state index contributed by atoms with van der Waals surface area (Å²) in [6, 6.07) is 3.10. The molecule has 6 N–H and O–H groups in total. The number of hydrogen-bond donors (Lipinski definition) is 5. The van der Waals surface area contributed by atoms with E-state index in [1.54, 1.807) is 6.07 Å². The summed E-state index contributed by atoms with van der Waals surface area (Å²) < 4.78 is 0. The maximum atomic E-state index is 13.3. The van der Waals surface area contributed by atoms with Crippen molar-refractivity contribution >= 4 is 28.9 Å². The number of nitrogens with zero attached hydrogens (tertiary/aromatic N) is 1. The van der Waals surface area contributed by atoms with Crippen LogP contribution < -0.4 is 10.6 Å². The van der Waals surface area contributed by atoms with Crippen LogP contribution in [0.1, 0.15) is 24.0 Å². The van der Waals surface area contributed by atoms with E-state index in [0.717, 1.165) is 5.69 Å². The molecule has 0 saturated heterocycles. The number of amides is 1. The van der Waals surface area contributed by atoms with Crippen molar-refractivity contribution in [2.75, 3.05) is 19.0 Å². The van der Waals surface area contributed by atoms with Crippen LogP contribution in [-0.2, 0) is 20.8 Å². The lowest BCUT2D eigenvalue weighted by atomic mass is 9.59. The van der Waals surface area contributed by atoms with Gasteiger partial charge in [-0.2, -0.15) is 0 Å². The van der Waals surface area contributed by atoms with Crippen LogP contribution in [0.4, 0.5) is 5.69 Å². The smallest absolute Gasteiger partial charge is 0.255 e. The monoisotopic (exact) mass is 414 g/mol. The Morgan fingerprint density at radius 2 is 1.83 bits per heavy atom. The zero-order valence-electron chi connectivity index (χ0n) is 16.5. The number of phenols is 1. The Bertz CT molecular complexity index is 1090. The Balaban J connectivity index is 1.95. The van der Waals surface area contributed by atoms with E-state index in [2.05, 4.69) is 0 Å². The van der Waals surface area contributed by atoms with Crippen LogP contribution in [-0.4, -0.2) is 57.6 Å². The maximum Gasteiger partial charge on any atom is 0.255 e. The topological polar surface area (TPSA) is 161 Å². The average molecular weight is 414 g/mol. The number of hydrogen-bond acceptors (Lipinski definition) is 8. The molecule has 0 unspecified atom stereocenters. The summed E-state index contributed by atoms with van der Waals surface area (Å²) in [6.07, 6.45) is 0.0737. The summed E-state index contributed by atoms with van der Waals surface area (Å²) in [4.78, 5) is 39.1. The van der Waals surface area contributed by atoms with E-state index in [0.29, 0.717) is 5.56 Å². The number of nitrogens with two attached hydrogens (primary N) is 1. The van der Waals surface area contributed by atoms with Crippen LogP contribution in [0.25, 0.3) is 5.76 Å². The molecule has 0 heterocycles. The van der Waals surface area contributed by atoms with Crippen LogP contribution in [0.3, 0.4) is 0 Å². The molecular weight excluding hydrogens is 392 g/mol. The van der Waals surface area contributed by atoms with E-state index in [1.807, 2.05) is 19.0 Å². The molecule has 0 bridgehead atoms. The lowest BCUT2D eigenvalue weighted by Gasteiger charge is -2.46. The number of benzene rings is 1. The van der Waals surface area contributed by atoms with Gasteiger partial charge in [0.15, 0.2) is 11.4 Å². The van der Waals surface area contributed by atoms with Crippen LogP contribution in [0.5, 0.6) is 5.75 Å². The molecule has 0 aliphatic heterocycles. The van der Waals surface area contributed by atoms with Crippen molar-refractivity contribution in [2.45, 2.75) is 24.9 Å². The van der Waals surface area contributed by atoms with E-state index in [4.69, 9.17) is 5.73 Å². The van der Waals surface area contributed by atoms with E-state index in [9.17, 15) is 34.8 Å². The molecule has 1 aromatic carbocycles. The van der Waals surface area contributed by atoms with Gasteiger partial charge in [0.05, 0.1) is 5.56 Å². The Morgan fingerprint density at radius 3 is 2.43 bits per heavy atom. The Kier molecular flexibility index (Phi) is 4.21. The van der Waals surface area contributed by atoms with Crippen molar-refractivity contribution in [3.05, 3.63) is 40.2 Å². The van der Waals surface area contributed by atoms with Gasteiger partial charge in [0, 0.05) is 37.7 Å². The summed E-state index contributed by atoms with van der Waals surface area (Å²) in [7, 11) is 3.61. The Hall–Kier alpha value is -3.33. The van der Waals surface area contributed by atoms with Crippen molar-refractivity contribution in [1.82, 2.24) is 0 Å². The average Bonchev–Trinajstić information content (AvgIpc) is 2.64. The number of carbonyl (C=O) groups is 3. The normalized spacial score (nSPS) is 28.1. The largest absolute Gasteiger partial charge is 0.508 e. The van der Waals surface area contributed by atoms with E-state index in [1.165, 1.54) is 6.07 Å². The number of ketones is 2. The number of Topliss-reactive ketones (excluding diaryl/α,β-unsaturated/α-hetero) is 2. The van der Waals surface area contributed by atoms with Crippen LogP contribution in [0, 0.1) is 11.8 Å². The van der Waals surface area contributed by atoms with E-state index < -0.39 is 52.0 Å². The van der Waals surface area contributed by atoms with Gasteiger partial charge in [0.2, 0.25) is 5.78 Å². The lowest BCUT2D eigenvalue weighted by molar-refractivity contribution is -0.147. The highest BCUT2D eigenvalue weighted by Crippen LogP contribution is 2.52. The van der Waals surface area contributed by atoms with Gasteiger partial charge in [-0.1, -0.05) is 0 Å². The number of anilines is 1. The number of carbonyl (C=O) groups excluding carboxylic acids is 3. The fourth-order valence-electron chi connectivity index (χ4n) is 5.02. The molecule has 0 aromatic heterocycles. The van der Waals surface area contributed by atoms with E-state index >= 15 is 0 Å². The summed E-state index contributed by atoms with van der Waals surface area (Å²) in [5.74, 6) is -6.25. The Morgan fingerprint density at radius 1 is 1.17 bits per heavy atom. The third-order valence-electron chi connectivity index (χ3n) is 6.40. The van der Waals surface area contributed by atoms with Crippen molar-refractivity contribution in [3.8, 4) is 5.75 Å². The second kappa shape index (κ2) is 6.33. The zero-order valence-corrected chi connectivity index (χ0v) is 16.5. The highest BCUT2D eigenvalue weighted by atomic mass is 16.3. The predicted octanol–water partition coefficient (Wildman–Crippen LogP) is 0.490. The second-order valence-electron chi connectivity index (χ2n) is 8.26. The maximum absolute atomic E-state index is 13.3. The van der Waals surface area contributed by atoms with E-state index in [-0.39, 0.29) is 36.1 Å². The molecule has 9 nitrogen and oxygen atoms in total. The minimum absolute atomic E-state index is 0.0910. The molecule has 3 atom stereocenters. The molecule has 3 aliphatic rings. The molecule has 3 aliphatic carbocycles. The first-order valence-corrected chi connectivity index (χ1v) is 9.49. The van der Waals surface area contributed by atoms with Gasteiger partial charge in [0.25, 0.3) is 5.91 Å². The molecule has 30 heavy (non-hydrogen) atoms. The molecule has 4 rings (SSSR count). The number of aliphatic hydroxyl groups excluding tert-OH is 2. The molecule has 1 amide bonds. The van der Waals surface area contributed by atoms with Gasteiger partial charge in [-0.25, -0.2) is 0 Å². The van der Waals surface area contributed by atoms with Gasteiger partial charge in [-0.05, 0) is 36.5 Å². The highest BCUT2D eigenvalue weighted by molar-refractivity contribution is 6.22. The van der Waals surface area contributed by atoms with Crippen molar-refractivity contribution in [2.24, 2.45) is 17.6 Å². The van der Waals surface area contributed by atoms with Crippen LogP contribution in [0.2, 0.25) is 0 Å². The first-order chi connectivity index (χ1) is 14.0.